The standard InChI is InChI=1S/C9H5BrFNO2/c10-4-1-2-6-5(3-4)7(11)8(12-6)9(13)14/h1-3,12H,(H,13,14). The van der Waals surface area contributed by atoms with Crippen LogP contribution >= 0.6 is 15.9 Å². The smallest absolute Gasteiger partial charge is 0.355 e. The lowest BCUT2D eigenvalue weighted by molar-refractivity contribution is 0.0686. The topological polar surface area (TPSA) is 53.1 Å². The van der Waals surface area contributed by atoms with Crippen LogP contribution in [0.15, 0.2) is 22.7 Å². The van der Waals surface area contributed by atoms with Gasteiger partial charge in [0.05, 0.1) is 0 Å². The van der Waals surface area contributed by atoms with E-state index >= 15 is 0 Å². The Hall–Kier alpha value is -1.36. The zero-order valence-corrected chi connectivity index (χ0v) is 8.43. The zero-order valence-electron chi connectivity index (χ0n) is 6.84. The summed E-state index contributed by atoms with van der Waals surface area (Å²) in [7, 11) is 0. The molecule has 2 rings (SSSR count). The largest absolute Gasteiger partial charge is 0.476 e. The second-order valence-corrected chi connectivity index (χ2v) is 3.72. The quantitative estimate of drug-likeness (QED) is 0.826. The number of aromatic nitrogens is 1. The molecule has 1 aromatic carbocycles. The Balaban J connectivity index is 2.80. The Labute approximate surface area is 86.7 Å². The van der Waals surface area contributed by atoms with Crippen LogP contribution in [0.25, 0.3) is 10.9 Å². The molecule has 0 fully saturated rings. The Morgan fingerprint density at radius 1 is 1.50 bits per heavy atom. The number of H-pyrrole nitrogens is 1. The summed E-state index contributed by atoms with van der Waals surface area (Å²) in [6, 6.07) is 4.87. The van der Waals surface area contributed by atoms with Gasteiger partial charge in [0.2, 0.25) is 0 Å². The second kappa shape index (κ2) is 3.09. The maximum atomic E-state index is 13.4. The minimum absolute atomic E-state index is 0.275. The first kappa shape index (κ1) is 9.21. The number of rotatable bonds is 1. The predicted molar refractivity (Wildman–Crippen MR) is 52.9 cm³/mol. The fraction of sp³-hybridized carbons (Fsp3) is 0. The molecule has 0 aliphatic heterocycles. The molecular weight excluding hydrogens is 253 g/mol. The maximum absolute atomic E-state index is 13.4. The summed E-state index contributed by atoms with van der Waals surface area (Å²) in [6.45, 7) is 0. The summed E-state index contributed by atoms with van der Waals surface area (Å²) < 4.78 is 14.1. The number of aromatic carboxylic acids is 1. The third-order valence-corrected chi connectivity index (χ3v) is 2.40. The molecule has 2 N–H and O–H groups in total. The van der Waals surface area contributed by atoms with E-state index in [9.17, 15) is 9.18 Å². The monoisotopic (exact) mass is 257 g/mol. The van der Waals surface area contributed by atoms with Crippen LogP contribution in [0.1, 0.15) is 10.5 Å². The maximum Gasteiger partial charge on any atom is 0.355 e. The van der Waals surface area contributed by atoms with Gasteiger partial charge in [-0.1, -0.05) is 15.9 Å². The van der Waals surface area contributed by atoms with E-state index in [2.05, 4.69) is 20.9 Å². The van der Waals surface area contributed by atoms with Gasteiger partial charge in [0.25, 0.3) is 0 Å². The van der Waals surface area contributed by atoms with E-state index in [0.717, 1.165) is 0 Å². The van der Waals surface area contributed by atoms with Gasteiger partial charge in [0.1, 0.15) is 0 Å². The van der Waals surface area contributed by atoms with Crippen molar-refractivity contribution in [2.24, 2.45) is 0 Å². The fourth-order valence-corrected chi connectivity index (χ4v) is 1.64. The Morgan fingerprint density at radius 2 is 2.21 bits per heavy atom. The fourth-order valence-electron chi connectivity index (χ4n) is 1.28. The lowest BCUT2D eigenvalue weighted by Crippen LogP contribution is -1.98. The van der Waals surface area contributed by atoms with Gasteiger partial charge in [-0.3, -0.25) is 0 Å². The molecule has 14 heavy (non-hydrogen) atoms. The summed E-state index contributed by atoms with van der Waals surface area (Å²) in [5, 5.41) is 8.93. The molecule has 2 aromatic rings. The molecule has 0 unspecified atom stereocenters. The molecule has 1 aromatic heterocycles. The molecule has 0 aliphatic rings. The summed E-state index contributed by atoms with van der Waals surface area (Å²) in [4.78, 5) is 13.1. The molecule has 5 heteroatoms. The first-order valence-corrected chi connectivity index (χ1v) is 4.59. The Kier molecular flexibility index (Phi) is 2.03. The van der Waals surface area contributed by atoms with Crippen LogP contribution < -0.4 is 0 Å². The van der Waals surface area contributed by atoms with Crippen LogP contribution in [0, 0.1) is 5.82 Å². The number of carboxylic acids is 1. The van der Waals surface area contributed by atoms with Gasteiger partial charge in [-0.25, -0.2) is 9.18 Å². The number of nitrogens with one attached hydrogen (secondary N) is 1. The van der Waals surface area contributed by atoms with Crippen LogP contribution in [0.4, 0.5) is 4.39 Å². The number of carbonyl (C=O) groups is 1. The SMILES string of the molecule is O=C(O)c1[nH]c2ccc(Br)cc2c1F. The normalized spacial score (nSPS) is 10.7. The van der Waals surface area contributed by atoms with Crippen LogP contribution in [-0.2, 0) is 0 Å². The van der Waals surface area contributed by atoms with Crippen molar-refractivity contribution < 1.29 is 14.3 Å². The highest BCUT2D eigenvalue weighted by atomic mass is 79.9. The number of halogens is 2. The minimum Gasteiger partial charge on any atom is -0.476 e. The van der Waals surface area contributed by atoms with E-state index in [1.807, 2.05) is 0 Å². The number of fused-ring (bicyclic) bond motifs is 1. The lowest BCUT2D eigenvalue weighted by Gasteiger charge is -1.90. The molecule has 0 saturated heterocycles. The van der Waals surface area contributed by atoms with Crippen molar-refractivity contribution in [3.05, 3.63) is 34.2 Å². The average Bonchev–Trinajstić information content (AvgIpc) is 2.44. The molecule has 1 heterocycles. The van der Waals surface area contributed by atoms with E-state index in [1.54, 1.807) is 12.1 Å². The summed E-state index contributed by atoms with van der Waals surface area (Å²) in [5.74, 6) is -2.02. The molecule has 72 valence electrons. The number of aromatic amines is 1. The van der Waals surface area contributed by atoms with Crippen molar-refractivity contribution in [3.8, 4) is 0 Å². The molecule has 3 nitrogen and oxygen atoms in total. The molecule has 0 spiro atoms. The third kappa shape index (κ3) is 1.29. The molecule has 0 saturated carbocycles. The van der Waals surface area contributed by atoms with Crippen molar-refractivity contribution in [3.63, 3.8) is 0 Å². The first-order valence-electron chi connectivity index (χ1n) is 3.79. The van der Waals surface area contributed by atoms with Gasteiger partial charge in [-0.05, 0) is 18.2 Å². The number of hydrogen-bond acceptors (Lipinski definition) is 1. The van der Waals surface area contributed by atoms with Crippen LogP contribution in [0.3, 0.4) is 0 Å². The highest BCUT2D eigenvalue weighted by Gasteiger charge is 2.16. The van der Waals surface area contributed by atoms with E-state index in [1.165, 1.54) is 6.07 Å². The van der Waals surface area contributed by atoms with E-state index < -0.39 is 17.5 Å². The highest BCUT2D eigenvalue weighted by molar-refractivity contribution is 9.10. The van der Waals surface area contributed by atoms with Gasteiger partial charge >= 0.3 is 5.97 Å². The van der Waals surface area contributed by atoms with Gasteiger partial charge in [-0.2, -0.15) is 0 Å². The van der Waals surface area contributed by atoms with Gasteiger partial charge in [0.15, 0.2) is 11.5 Å². The summed E-state index contributed by atoms with van der Waals surface area (Å²) in [6.07, 6.45) is 0. The number of hydrogen-bond donors (Lipinski definition) is 2. The molecule has 0 atom stereocenters. The van der Waals surface area contributed by atoms with Crippen LogP contribution in [0.5, 0.6) is 0 Å². The Bertz CT molecular complexity index is 521. The van der Waals surface area contributed by atoms with Crippen molar-refractivity contribution >= 4 is 32.8 Å². The molecule has 0 radical (unpaired) electrons. The molecule has 0 aliphatic carbocycles. The highest BCUT2D eigenvalue weighted by Crippen LogP contribution is 2.24. The molecule has 0 amide bonds. The van der Waals surface area contributed by atoms with Gasteiger partial charge in [-0.15, -0.1) is 0 Å². The average molecular weight is 258 g/mol. The van der Waals surface area contributed by atoms with Gasteiger partial charge < -0.3 is 10.1 Å². The van der Waals surface area contributed by atoms with Crippen LogP contribution in [0.2, 0.25) is 0 Å². The van der Waals surface area contributed by atoms with Crippen molar-refractivity contribution in [1.82, 2.24) is 4.98 Å². The molecule has 0 bridgehead atoms. The van der Waals surface area contributed by atoms with Crippen molar-refractivity contribution in [2.45, 2.75) is 0 Å². The second-order valence-electron chi connectivity index (χ2n) is 2.81. The summed E-state index contributed by atoms with van der Waals surface area (Å²) in [5.41, 5.74) is 0.0706. The zero-order chi connectivity index (χ0) is 10.3. The summed E-state index contributed by atoms with van der Waals surface area (Å²) >= 11 is 3.18. The van der Waals surface area contributed by atoms with Gasteiger partial charge in [0, 0.05) is 15.4 Å². The first-order chi connectivity index (χ1) is 6.59. The Morgan fingerprint density at radius 3 is 2.86 bits per heavy atom. The van der Waals surface area contributed by atoms with E-state index in [-0.39, 0.29) is 5.39 Å². The predicted octanol–water partition coefficient (Wildman–Crippen LogP) is 2.77. The van der Waals surface area contributed by atoms with Crippen LogP contribution in [-0.4, -0.2) is 16.1 Å². The number of benzene rings is 1. The number of carboxylic acid groups (broad SMARTS) is 1. The van der Waals surface area contributed by atoms with Crippen molar-refractivity contribution in [2.75, 3.05) is 0 Å². The van der Waals surface area contributed by atoms with E-state index in [4.69, 9.17) is 5.11 Å². The third-order valence-electron chi connectivity index (χ3n) is 1.91. The minimum atomic E-state index is -1.30. The van der Waals surface area contributed by atoms with E-state index in [0.29, 0.717) is 9.99 Å². The lowest BCUT2D eigenvalue weighted by atomic mass is 10.2. The van der Waals surface area contributed by atoms with Crippen molar-refractivity contribution in [1.29, 1.82) is 0 Å². The molecular formula is C9H5BrFNO2.